The summed E-state index contributed by atoms with van der Waals surface area (Å²) in [6.07, 6.45) is 23.8. The predicted molar refractivity (Wildman–Crippen MR) is 94.3 cm³/mol. The first-order chi connectivity index (χ1) is 10.8. The Hall–Kier alpha value is -1.03. The van der Waals surface area contributed by atoms with Gasteiger partial charge in [0.25, 0.3) is 0 Å². The highest BCUT2D eigenvalue weighted by Crippen LogP contribution is 2.35. The van der Waals surface area contributed by atoms with Crippen LogP contribution in [0, 0.1) is 35.0 Å². The number of allylic oxidation sites excluding steroid dienone is 4. The van der Waals surface area contributed by atoms with Gasteiger partial charge in [0.2, 0.25) is 0 Å². The third-order valence-electron chi connectivity index (χ3n) is 5.95. The summed E-state index contributed by atoms with van der Waals surface area (Å²) in [7, 11) is 0. The standard InChI is InChI=1S/C21H33N/c1-2-18-7-9-20(10-8-18)15-16-21-13-11-19(12-14-21)6-4-3-5-17-22/h3,5,15-16,18-21H,2,4,6-14H2,1H3/b5-3?,16-15+. The van der Waals surface area contributed by atoms with E-state index >= 15 is 0 Å². The van der Waals surface area contributed by atoms with Gasteiger partial charge in [-0.25, -0.2) is 0 Å². The van der Waals surface area contributed by atoms with Crippen LogP contribution in [0.5, 0.6) is 0 Å². The molecule has 2 fully saturated rings. The van der Waals surface area contributed by atoms with Gasteiger partial charge in [0, 0.05) is 6.08 Å². The van der Waals surface area contributed by atoms with Crippen molar-refractivity contribution in [1.82, 2.24) is 0 Å². The Bertz CT molecular complexity index is 385. The van der Waals surface area contributed by atoms with Gasteiger partial charge in [-0.1, -0.05) is 31.6 Å². The van der Waals surface area contributed by atoms with Crippen molar-refractivity contribution in [2.45, 2.75) is 77.6 Å². The number of hydrogen-bond acceptors (Lipinski definition) is 1. The van der Waals surface area contributed by atoms with Gasteiger partial charge in [-0.3, -0.25) is 0 Å². The van der Waals surface area contributed by atoms with Gasteiger partial charge in [-0.05, 0) is 87.9 Å². The Labute approximate surface area is 137 Å². The number of rotatable bonds is 6. The third-order valence-corrected chi connectivity index (χ3v) is 5.95. The van der Waals surface area contributed by atoms with Gasteiger partial charge in [0.05, 0.1) is 6.07 Å². The first-order valence-electron chi connectivity index (χ1n) is 9.54. The molecule has 0 saturated heterocycles. The Balaban J connectivity index is 1.62. The second-order valence-corrected chi connectivity index (χ2v) is 7.46. The van der Waals surface area contributed by atoms with Crippen molar-refractivity contribution in [3.8, 4) is 6.07 Å². The molecule has 2 saturated carbocycles. The van der Waals surface area contributed by atoms with Crippen molar-refractivity contribution < 1.29 is 0 Å². The molecule has 2 aliphatic carbocycles. The zero-order valence-electron chi connectivity index (χ0n) is 14.3. The summed E-state index contributed by atoms with van der Waals surface area (Å²) in [5, 5.41) is 8.49. The van der Waals surface area contributed by atoms with E-state index in [9.17, 15) is 0 Å². The van der Waals surface area contributed by atoms with Crippen molar-refractivity contribution in [3.63, 3.8) is 0 Å². The van der Waals surface area contributed by atoms with Crippen LogP contribution in [0.1, 0.15) is 77.6 Å². The quantitative estimate of drug-likeness (QED) is 0.410. The lowest BCUT2D eigenvalue weighted by atomic mass is 9.78. The van der Waals surface area contributed by atoms with Crippen LogP contribution in [0.4, 0.5) is 0 Å². The molecule has 1 nitrogen and oxygen atoms in total. The minimum atomic E-state index is 0.842. The van der Waals surface area contributed by atoms with E-state index in [1.807, 2.05) is 6.08 Å². The minimum absolute atomic E-state index is 0.842. The van der Waals surface area contributed by atoms with E-state index in [4.69, 9.17) is 5.26 Å². The average molecular weight is 300 g/mol. The first-order valence-corrected chi connectivity index (χ1v) is 9.54. The largest absolute Gasteiger partial charge is 0.193 e. The van der Waals surface area contributed by atoms with Gasteiger partial charge in [0.1, 0.15) is 0 Å². The van der Waals surface area contributed by atoms with Crippen LogP contribution < -0.4 is 0 Å². The maximum Gasteiger partial charge on any atom is 0.0908 e. The molecule has 0 aromatic rings. The highest BCUT2D eigenvalue weighted by atomic mass is 14.3. The summed E-state index contributed by atoms with van der Waals surface area (Å²) < 4.78 is 0. The fourth-order valence-corrected chi connectivity index (χ4v) is 4.24. The van der Waals surface area contributed by atoms with Crippen molar-refractivity contribution in [3.05, 3.63) is 24.3 Å². The highest BCUT2D eigenvalue weighted by Gasteiger charge is 2.21. The second-order valence-electron chi connectivity index (χ2n) is 7.46. The Kier molecular flexibility index (Phi) is 7.78. The lowest BCUT2D eigenvalue weighted by Gasteiger charge is -2.28. The van der Waals surface area contributed by atoms with E-state index in [-0.39, 0.29) is 0 Å². The molecule has 22 heavy (non-hydrogen) atoms. The molecule has 0 heterocycles. The van der Waals surface area contributed by atoms with Crippen LogP contribution in [0.15, 0.2) is 24.3 Å². The lowest BCUT2D eigenvalue weighted by molar-refractivity contribution is 0.290. The van der Waals surface area contributed by atoms with Crippen LogP contribution in [-0.4, -0.2) is 0 Å². The zero-order valence-corrected chi connectivity index (χ0v) is 14.3. The highest BCUT2D eigenvalue weighted by molar-refractivity contribution is 5.01. The monoisotopic (exact) mass is 299 g/mol. The third kappa shape index (κ3) is 5.99. The van der Waals surface area contributed by atoms with E-state index in [1.54, 1.807) is 6.08 Å². The fraction of sp³-hybridized carbons (Fsp3) is 0.762. The topological polar surface area (TPSA) is 23.8 Å². The van der Waals surface area contributed by atoms with E-state index in [0.717, 1.165) is 30.1 Å². The molecule has 0 unspecified atom stereocenters. The molecule has 1 heteroatoms. The summed E-state index contributed by atoms with van der Waals surface area (Å²) in [5.74, 6) is 3.62. The second kappa shape index (κ2) is 9.88. The van der Waals surface area contributed by atoms with Gasteiger partial charge in [-0.15, -0.1) is 0 Å². The molecule has 0 bridgehead atoms. The summed E-state index contributed by atoms with van der Waals surface area (Å²) in [5.41, 5.74) is 0. The summed E-state index contributed by atoms with van der Waals surface area (Å²) in [4.78, 5) is 0. The summed E-state index contributed by atoms with van der Waals surface area (Å²) >= 11 is 0. The molecular weight excluding hydrogens is 266 g/mol. The molecule has 0 amide bonds. The molecule has 0 aromatic carbocycles. The van der Waals surface area contributed by atoms with Crippen molar-refractivity contribution in [1.29, 1.82) is 5.26 Å². The Morgan fingerprint density at radius 1 is 0.864 bits per heavy atom. The molecule has 0 atom stereocenters. The van der Waals surface area contributed by atoms with E-state index in [1.165, 1.54) is 64.2 Å². The zero-order chi connectivity index (χ0) is 15.6. The maximum atomic E-state index is 8.49. The smallest absolute Gasteiger partial charge is 0.0908 e. The number of nitriles is 1. The molecule has 2 aliphatic rings. The molecule has 0 N–H and O–H groups in total. The van der Waals surface area contributed by atoms with Gasteiger partial charge in [-0.2, -0.15) is 5.26 Å². The van der Waals surface area contributed by atoms with Crippen LogP contribution >= 0.6 is 0 Å². The molecule has 0 spiro atoms. The number of hydrogen-bond donors (Lipinski definition) is 0. The maximum absolute atomic E-state index is 8.49. The van der Waals surface area contributed by atoms with Crippen molar-refractivity contribution in [2.75, 3.05) is 0 Å². The molecule has 0 aromatic heterocycles. The molecule has 0 aliphatic heterocycles. The summed E-state index contributed by atoms with van der Waals surface area (Å²) in [6.45, 7) is 2.34. The van der Waals surface area contributed by atoms with Gasteiger partial charge < -0.3 is 0 Å². The average Bonchev–Trinajstić information content (AvgIpc) is 2.58. The van der Waals surface area contributed by atoms with Crippen LogP contribution in [-0.2, 0) is 0 Å². The molecular formula is C21H33N. The van der Waals surface area contributed by atoms with E-state index in [2.05, 4.69) is 25.1 Å². The van der Waals surface area contributed by atoms with Gasteiger partial charge in [0.15, 0.2) is 0 Å². The minimum Gasteiger partial charge on any atom is -0.193 e. The van der Waals surface area contributed by atoms with Crippen molar-refractivity contribution in [2.24, 2.45) is 23.7 Å². The fourth-order valence-electron chi connectivity index (χ4n) is 4.24. The Morgan fingerprint density at radius 3 is 1.91 bits per heavy atom. The summed E-state index contributed by atoms with van der Waals surface area (Å²) in [6, 6.07) is 2.08. The molecule has 2 rings (SSSR count). The Morgan fingerprint density at radius 2 is 1.41 bits per heavy atom. The molecule has 0 radical (unpaired) electrons. The lowest BCUT2D eigenvalue weighted by Crippen LogP contribution is -2.14. The first kappa shape index (κ1) is 17.3. The van der Waals surface area contributed by atoms with Crippen molar-refractivity contribution >= 4 is 0 Å². The normalized spacial score (nSPS) is 33.3. The van der Waals surface area contributed by atoms with Crippen LogP contribution in [0.3, 0.4) is 0 Å². The SMILES string of the molecule is CCC1CCC(/C=C/C2CCC(CCC=CC#N)CC2)CC1. The molecule has 122 valence electrons. The van der Waals surface area contributed by atoms with Crippen LogP contribution in [0.25, 0.3) is 0 Å². The predicted octanol–water partition coefficient (Wildman–Crippen LogP) is 6.43. The van der Waals surface area contributed by atoms with Gasteiger partial charge >= 0.3 is 0 Å². The number of nitrogens with zero attached hydrogens (tertiary/aromatic N) is 1. The van der Waals surface area contributed by atoms with E-state index < -0.39 is 0 Å². The van der Waals surface area contributed by atoms with Crippen LogP contribution in [0.2, 0.25) is 0 Å². The van der Waals surface area contributed by atoms with E-state index in [0.29, 0.717) is 0 Å².